The molecule has 4 aromatic carbocycles. The summed E-state index contributed by atoms with van der Waals surface area (Å²) in [5.74, 6) is -0.787. The third kappa shape index (κ3) is 4.10. The summed E-state index contributed by atoms with van der Waals surface area (Å²) in [6, 6.07) is 29.0. The van der Waals surface area contributed by atoms with Crippen LogP contribution < -0.4 is 4.57 Å². The maximum atomic E-state index is 10.2. The smallest absolute Gasteiger partial charge is 0.216 e. The Kier molecular flexibility index (Phi) is 4.98. The molecule has 0 saturated heterocycles. The van der Waals surface area contributed by atoms with Crippen molar-refractivity contribution in [2.24, 2.45) is 7.05 Å². The van der Waals surface area contributed by atoms with E-state index >= 15 is 0 Å². The summed E-state index contributed by atoms with van der Waals surface area (Å²) >= 11 is 0. The van der Waals surface area contributed by atoms with Crippen molar-refractivity contribution in [1.82, 2.24) is 0 Å². The van der Waals surface area contributed by atoms with Crippen LogP contribution in [-0.4, -0.2) is 0 Å². The van der Waals surface area contributed by atoms with Crippen molar-refractivity contribution >= 4 is 21.9 Å². The van der Waals surface area contributed by atoms with Gasteiger partial charge < -0.3 is 4.42 Å². The molecule has 0 saturated carbocycles. The summed E-state index contributed by atoms with van der Waals surface area (Å²) in [5, 5.41) is 11.9. The van der Waals surface area contributed by atoms with Crippen LogP contribution in [-0.2, 0) is 7.05 Å². The molecule has 0 spiro atoms. The van der Waals surface area contributed by atoms with E-state index in [0.717, 1.165) is 44.3 Å². The van der Waals surface area contributed by atoms with Crippen molar-refractivity contribution in [3.8, 4) is 39.6 Å². The van der Waals surface area contributed by atoms with Crippen LogP contribution in [0.3, 0.4) is 0 Å². The highest BCUT2D eigenvalue weighted by Crippen LogP contribution is 2.43. The van der Waals surface area contributed by atoms with Crippen LogP contribution in [0.2, 0.25) is 0 Å². The molecule has 0 unspecified atom stereocenters. The number of fused-ring (bicyclic) bond motifs is 3. The second kappa shape index (κ2) is 9.57. The highest BCUT2D eigenvalue weighted by atomic mass is 16.3. The topological polar surface area (TPSA) is 40.8 Å². The number of rotatable bonds is 4. The third-order valence-electron chi connectivity index (χ3n) is 7.52. The summed E-state index contributed by atoms with van der Waals surface area (Å²) in [6.07, 6.45) is 1.96. The lowest BCUT2D eigenvalue weighted by Crippen LogP contribution is -2.31. The van der Waals surface area contributed by atoms with Gasteiger partial charge in [0.25, 0.3) is 0 Å². The van der Waals surface area contributed by atoms with Gasteiger partial charge in [-0.1, -0.05) is 74.5 Å². The third-order valence-corrected chi connectivity index (χ3v) is 7.52. The van der Waals surface area contributed by atoms with E-state index in [2.05, 4.69) is 6.07 Å². The number of benzene rings is 4. The maximum Gasteiger partial charge on any atom is 0.216 e. The van der Waals surface area contributed by atoms with Gasteiger partial charge in [-0.05, 0) is 65.2 Å². The van der Waals surface area contributed by atoms with Crippen molar-refractivity contribution in [2.45, 2.75) is 33.5 Å². The van der Waals surface area contributed by atoms with Gasteiger partial charge in [-0.15, -0.1) is 0 Å². The second-order valence-corrected chi connectivity index (χ2v) is 10.3. The fourth-order valence-electron chi connectivity index (χ4n) is 5.38. The fraction of sp³-hybridized carbons (Fsp3) is 0.167. The Bertz CT molecular complexity index is 2080. The van der Waals surface area contributed by atoms with Gasteiger partial charge in [0.2, 0.25) is 5.69 Å². The Hall–Kier alpha value is -4.68. The highest BCUT2D eigenvalue weighted by molar-refractivity contribution is 6.14. The monoisotopic (exact) mass is 511 g/mol. The lowest BCUT2D eigenvalue weighted by Gasteiger charge is -2.11. The zero-order chi connectivity index (χ0) is 30.7. The number of nitriles is 1. The average molecular weight is 512 g/mol. The summed E-state index contributed by atoms with van der Waals surface area (Å²) in [6.45, 7) is 3.32. The lowest BCUT2D eigenvalue weighted by atomic mass is 9.91. The SMILES string of the molecule is [2H]C([2H])([2H])c1cc(-c2ccccc2)ccc1-c1c(C#N)ccc2c1oc1c(-c3cc(C([2H])(C)C)cc[n+]3C)c(C)ccc12. The molecule has 3 heteroatoms. The molecule has 0 atom stereocenters. The molecule has 0 amide bonds. The van der Waals surface area contributed by atoms with Gasteiger partial charge in [-0.25, -0.2) is 4.57 Å². The molecule has 2 heterocycles. The summed E-state index contributed by atoms with van der Waals surface area (Å²) < 4.78 is 42.6. The molecule has 0 aliphatic rings. The van der Waals surface area contributed by atoms with Crippen LogP contribution in [0.15, 0.2) is 95.5 Å². The highest BCUT2D eigenvalue weighted by Gasteiger charge is 2.24. The Labute approximate surface area is 235 Å². The van der Waals surface area contributed by atoms with Crippen LogP contribution in [0.5, 0.6) is 0 Å². The minimum Gasteiger partial charge on any atom is -0.454 e. The van der Waals surface area contributed by atoms with Gasteiger partial charge in [-0.2, -0.15) is 5.26 Å². The predicted octanol–water partition coefficient (Wildman–Crippen LogP) is 9.02. The van der Waals surface area contributed by atoms with E-state index in [0.29, 0.717) is 27.9 Å². The van der Waals surface area contributed by atoms with Gasteiger partial charge in [0.15, 0.2) is 6.20 Å². The zero-order valence-corrected chi connectivity index (χ0v) is 22.5. The number of aromatic nitrogens is 1. The number of nitrogens with zero attached hydrogens (tertiary/aromatic N) is 2. The minimum absolute atomic E-state index is 0.159. The molecule has 0 radical (unpaired) electrons. The van der Waals surface area contributed by atoms with Gasteiger partial charge in [0.1, 0.15) is 18.2 Å². The van der Waals surface area contributed by atoms with E-state index < -0.39 is 12.7 Å². The van der Waals surface area contributed by atoms with E-state index in [1.165, 1.54) is 0 Å². The molecule has 0 bridgehead atoms. The second-order valence-electron chi connectivity index (χ2n) is 10.3. The van der Waals surface area contributed by atoms with Gasteiger partial charge in [0.05, 0.1) is 17.2 Å². The number of hydrogen-bond acceptors (Lipinski definition) is 2. The number of aryl methyl sites for hydroxylation is 3. The number of furan rings is 1. The first-order chi connectivity index (χ1) is 20.4. The molecule has 2 aromatic heterocycles. The number of hydrogen-bond donors (Lipinski definition) is 0. The minimum atomic E-state index is -2.43. The normalized spacial score (nSPS) is 13.5. The van der Waals surface area contributed by atoms with Crippen molar-refractivity contribution in [2.75, 3.05) is 0 Å². The predicted molar refractivity (Wildman–Crippen MR) is 159 cm³/mol. The van der Waals surface area contributed by atoms with Gasteiger partial charge >= 0.3 is 0 Å². The fourth-order valence-corrected chi connectivity index (χ4v) is 5.38. The van der Waals surface area contributed by atoms with Crippen molar-refractivity contribution < 1.29 is 14.5 Å². The number of pyridine rings is 1. The Morgan fingerprint density at radius 2 is 1.59 bits per heavy atom. The van der Waals surface area contributed by atoms with E-state index in [-0.39, 0.29) is 5.56 Å². The molecule has 0 aliphatic heterocycles. The molecular formula is C36H31N2O+. The molecule has 6 aromatic rings. The van der Waals surface area contributed by atoms with Crippen LogP contribution in [0.4, 0.5) is 0 Å². The van der Waals surface area contributed by atoms with E-state index in [4.69, 9.17) is 9.90 Å². The molecule has 190 valence electrons. The first-order valence-corrected chi connectivity index (χ1v) is 13.0. The first-order valence-electron chi connectivity index (χ1n) is 15.0. The van der Waals surface area contributed by atoms with Crippen LogP contribution in [0, 0.1) is 25.1 Å². The Balaban J connectivity index is 1.68. The molecule has 3 nitrogen and oxygen atoms in total. The Morgan fingerprint density at radius 3 is 2.31 bits per heavy atom. The van der Waals surface area contributed by atoms with E-state index in [1.54, 1.807) is 18.2 Å². The van der Waals surface area contributed by atoms with Gasteiger partial charge in [0, 0.05) is 34.0 Å². The van der Waals surface area contributed by atoms with E-state index in [1.807, 2.05) is 105 Å². The lowest BCUT2D eigenvalue weighted by molar-refractivity contribution is -0.660. The van der Waals surface area contributed by atoms with Crippen LogP contribution in [0.25, 0.3) is 55.4 Å². The molecule has 0 aliphatic carbocycles. The Morgan fingerprint density at radius 1 is 0.846 bits per heavy atom. The summed E-state index contributed by atoms with van der Waals surface area (Å²) in [5.41, 5.74) is 7.90. The summed E-state index contributed by atoms with van der Waals surface area (Å²) in [7, 11) is 1.97. The largest absolute Gasteiger partial charge is 0.454 e. The van der Waals surface area contributed by atoms with Crippen molar-refractivity contribution in [3.63, 3.8) is 0 Å². The van der Waals surface area contributed by atoms with E-state index in [9.17, 15) is 5.26 Å². The van der Waals surface area contributed by atoms with Gasteiger partial charge in [-0.3, -0.25) is 0 Å². The molecule has 6 rings (SSSR count). The standard InChI is InChI=1S/C36H31N2O/c1-22(2)26-17-18-38(5)32(20-26)33-23(3)11-14-30-31-16-13-28(21-37)34(36(31)39-35(30)33)29-15-12-27(19-24(29)4)25-9-7-6-8-10-25/h6-20,22H,1-5H3/q+1/i4D3,22D. The first kappa shape index (κ1) is 20.3. The molecule has 0 N–H and O–H groups in total. The van der Waals surface area contributed by atoms with Crippen LogP contribution in [0.1, 0.15) is 47.5 Å². The van der Waals surface area contributed by atoms with Crippen molar-refractivity contribution in [1.29, 1.82) is 5.26 Å². The molecule has 39 heavy (non-hydrogen) atoms. The molecule has 0 fully saturated rings. The zero-order valence-electron chi connectivity index (χ0n) is 26.5. The van der Waals surface area contributed by atoms with Crippen LogP contribution >= 0.6 is 0 Å². The van der Waals surface area contributed by atoms with Crippen molar-refractivity contribution in [3.05, 3.63) is 113 Å². The average Bonchev–Trinajstić information content (AvgIpc) is 3.35. The maximum absolute atomic E-state index is 10.2. The quantitative estimate of drug-likeness (QED) is 0.222. The molecular weight excluding hydrogens is 476 g/mol. The summed E-state index contributed by atoms with van der Waals surface area (Å²) in [4.78, 5) is 0.